The Morgan fingerprint density at radius 1 is 1.21 bits per heavy atom. The van der Waals surface area contributed by atoms with Crippen molar-refractivity contribution in [3.05, 3.63) is 35.9 Å². The molecule has 19 heavy (non-hydrogen) atoms. The van der Waals surface area contributed by atoms with Crippen molar-refractivity contribution in [2.24, 2.45) is 5.92 Å². The zero-order chi connectivity index (χ0) is 14.3. The summed E-state index contributed by atoms with van der Waals surface area (Å²) in [6, 6.07) is 8.51. The van der Waals surface area contributed by atoms with Crippen LogP contribution in [0.4, 0.5) is 13.2 Å². The fraction of sp³-hybridized carbons (Fsp3) is 0.533. The Labute approximate surface area is 111 Å². The fourth-order valence-corrected chi connectivity index (χ4v) is 2.10. The van der Waals surface area contributed by atoms with Crippen LogP contribution >= 0.6 is 0 Å². The standard InChI is InChI=1S/C15H19F3O/c1-2-3-7-12(11-15(16,17)18)10-14(19)13-8-5-4-6-9-13/h4-6,8-9,12H,2-3,7,10-11H2,1H3. The molecule has 1 unspecified atom stereocenters. The first-order chi connectivity index (χ1) is 8.92. The van der Waals surface area contributed by atoms with Gasteiger partial charge in [0.1, 0.15) is 0 Å². The average molecular weight is 272 g/mol. The molecule has 1 atom stereocenters. The van der Waals surface area contributed by atoms with E-state index in [4.69, 9.17) is 0 Å². The van der Waals surface area contributed by atoms with Crippen LogP contribution in [-0.4, -0.2) is 12.0 Å². The van der Waals surface area contributed by atoms with Gasteiger partial charge >= 0.3 is 6.18 Å². The van der Waals surface area contributed by atoms with Crippen molar-refractivity contribution in [1.82, 2.24) is 0 Å². The first kappa shape index (κ1) is 15.7. The smallest absolute Gasteiger partial charge is 0.294 e. The summed E-state index contributed by atoms with van der Waals surface area (Å²) in [5.74, 6) is -0.807. The fourth-order valence-electron chi connectivity index (χ4n) is 2.10. The zero-order valence-electron chi connectivity index (χ0n) is 11.0. The monoisotopic (exact) mass is 272 g/mol. The zero-order valence-corrected chi connectivity index (χ0v) is 11.0. The maximum Gasteiger partial charge on any atom is 0.389 e. The van der Waals surface area contributed by atoms with Gasteiger partial charge in [-0.05, 0) is 12.3 Å². The highest BCUT2D eigenvalue weighted by Gasteiger charge is 2.32. The molecule has 1 rings (SSSR count). The van der Waals surface area contributed by atoms with Gasteiger partial charge in [0.05, 0.1) is 0 Å². The Hall–Kier alpha value is -1.32. The number of benzene rings is 1. The summed E-state index contributed by atoms with van der Waals surface area (Å²) in [4.78, 5) is 11.9. The number of rotatable bonds is 7. The second-order valence-corrected chi connectivity index (χ2v) is 4.82. The second-order valence-electron chi connectivity index (χ2n) is 4.82. The minimum absolute atomic E-state index is 0.0243. The molecule has 1 aromatic carbocycles. The predicted molar refractivity (Wildman–Crippen MR) is 69.1 cm³/mol. The van der Waals surface area contributed by atoms with Gasteiger partial charge in [-0.2, -0.15) is 13.2 Å². The molecule has 4 heteroatoms. The molecule has 0 bridgehead atoms. The number of hydrogen-bond acceptors (Lipinski definition) is 1. The van der Waals surface area contributed by atoms with Crippen LogP contribution in [0, 0.1) is 5.92 Å². The third-order valence-corrected chi connectivity index (χ3v) is 3.06. The van der Waals surface area contributed by atoms with Crippen molar-refractivity contribution < 1.29 is 18.0 Å². The molecule has 0 aromatic heterocycles. The third kappa shape index (κ3) is 6.41. The average Bonchev–Trinajstić information content (AvgIpc) is 2.35. The van der Waals surface area contributed by atoms with Gasteiger partial charge < -0.3 is 0 Å². The number of Topliss-reactive ketones (excluding diaryl/α,β-unsaturated/α-hetero) is 1. The lowest BCUT2D eigenvalue weighted by atomic mass is 9.91. The largest absolute Gasteiger partial charge is 0.389 e. The predicted octanol–water partition coefficient (Wildman–Crippen LogP) is 5.02. The number of carbonyl (C=O) groups excluding carboxylic acids is 1. The molecule has 1 nitrogen and oxygen atoms in total. The van der Waals surface area contributed by atoms with E-state index in [0.29, 0.717) is 12.0 Å². The molecule has 1 aromatic rings. The molecular weight excluding hydrogens is 253 g/mol. The molecule has 0 spiro atoms. The summed E-state index contributed by atoms with van der Waals surface area (Å²) < 4.78 is 37.4. The van der Waals surface area contributed by atoms with Gasteiger partial charge in [0.25, 0.3) is 0 Å². The lowest BCUT2D eigenvalue weighted by Crippen LogP contribution is -2.18. The molecule has 0 fully saturated rings. The first-order valence-electron chi connectivity index (χ1n) is 6.57. The van der Waals surface area contributed by atoms with E-state index in [-0.39, 0.29) is 12.2 Å². The molecule has 0 amide bonds. The summed E-state index contributed by atoms with van der Waals surface area (Å²) in [6.07, 6.45) is -3.07. The summed E-state index contributed by atoms with van der Waals surface area (Å²) in [5.41, 5.74) is 0.492. The highest BCUT2D eigenvalue weighted by atomic mass is 19.4. The van der Waals surface area contributed by atoms with Crippen LogP contribution in [0.25, 0.3) is 0 Å². The maximum atomic E-state index is 12.5. The van der Waals surface area contributed by atoms with Crippen molar-refractivity contribution in [3.63, 3.8) is 0 Å². The lowest BCUT2D eigenvalue weighted by molar-refractivity contribution is -0.144. The molecule has 0 radical (unpaired) electrons. The van der Waals surface area contributed by atoms with Gasteiger partial charge in [-0.1, -0.05) is 50.1 Å². The van der Waals surface area contributed by atoms with E-state index >= 15 is 0 Å². The molecule has 0 aliphatic rings. The third-order valence-electron chi connectivity index (χ3n) is 3.06. The summed E-state index contributed by atoms with van der Waals surface area (Å²) in [5, 5.41) is 0. The van der Waals surface area contributed by atoms with Crippen molar-refractivity contribution in [2.45, 2.75) is 45.2 Å². The molecular formula is C15H19F3O. The van der Waals surface area contributed by atoms with Crippen LogP contribution in [-0.2, 0) is 0 Å². The highest BCUT2D eigenvalue weighted by Crippen LogP contribution is 2.30. The number of hydrogen-bond donors (Lipinski definition) is 0. The van der Waals surface area contributed by atoms with Crippen LogP contribution in [0.1, 0.15) is 49.4 Å². The van der Waals surface area contributed by atoms with Crippen molar-refractivity contribution >= 4 is 5.78 Å². The van der Waals surface area contributed by atoms with Gasteiger partial charge in [-0.15, -0.1) is 0 Å². The van der Waals surface area contributed by atoms with Gasteiger partial charge in [0, 0.05) is 18.4 Å². The Morgan fingerprint density at radius 2 is 1.84 bits per heavy atom. The van der Waals surface area contributed by atoms with Gasteiger partial charge in [0.2, 0.25) is 0 Å². The van der Waals surface area contributed by atoms with Crippen LogP contribution in [0.3, 0.4) is 0 Å². The molecule has 0 saturated heterocycles. The highest BCUT2D eigenvalue weighted by molar-refractivity contribution is 5.96. The molecule has 0 aliphatic carbocycles. The number of alkyl halides is 3. The van der Waals surface area contributed by atoms with E-state index in [2.05, 4.69) is 0 Å². The van der Waals surface area contributed by atoms with Crippen LogP contribution in [0.2, 0.25) is 0 Å². The quantitative estimate of drug-likeness (QED) is 0.637. The van der Waals surface area contributed by atoms with Crippen molar-refractivity contribution in [1.29, 1.82) is 0 Å². The lowest BCUT2D eigenvalue weighted by Gasteiger charge is -2.17. The van der Waals surface area contributed by atoms with Crippen LogP contribution < -0.4 is 0 Å². The Balaban J connectivity index is 2.63. The molecule has 0 aliphatic heterocycles. The number of halogens is 3. The topological polar surface area (TPSA) is 17.1 Å². The van der Waals surface area contributed by atoms with E-state index in [1.165, 1.54) is 0 Å². The van der Waals surface area contributed by atoms with E-state index in [9.17, 15) is 18.0 Å². The van der Waals surface area contributed by atoms with E-state index in [1.807, 2.05) is 6.92 Å². The number of carbonyl (C=O) groups is 1. The first-order valence-corrected chi connectivity index (χ1v) is 6.57. The second kappa shape index (κ2) is 7.31. The Morgan fingerprint density at radius 3 is 2.37 bits per heavy atom. The van der Waals surface area contributed by atoms with Crippen LogP contribution in [0.15, 0.2) is 30.3 Å². The van der Waals surface area contributed by atoms with Crippen molar-refractivity contribution in [3.8, 4) is 0 Å². The Kier molecular flexibility index (Phi) is 6.06. The van der Waals surface area contributed by atoms with E-state index in [1.54, 1.807) is 30.3 Å². The van der Waals surface area contributed by atoms with Crippen LogP contribution in [0.5, 0.6) is 0 Å². The number of unbranched alkanes of at least 4 members (excludes halogenated alkanes) is 1. The minimum Gasteiger partial charge on any atom is -0.294 e. The van der Waals surface area contributed by atoms with E-state index in [0.717, 1.165) is 12.8 Å². The van der Waals surface area contributed by atoms with E-state index < -0.39 is 18.5 Å². The van der Waals surface area contributed by atoms with Gasteiger partial charge in [-0.3, -0.25) is 4.79 Å². The summed E-state index contributed by atoms with van der Waals surface area (Å²) in [6.45, 7) is 1.93. The molecule has 0 N–H and O–H groups in total. The SMILES string of the molecule is CCCCC(CC(=O)c1ccccc1)CC(F)(F)F. The van der Waals surface area contributed by atoms with Crippen molar-refractivity contribution in [2.75, 3.05) is 0 Å². The number of ketones is 1. The Bertz CT molecular complexity index is 384. The minimum atomic E-state index is -4.20. The summed E-state index contributed by atoms with van der Waals surface area (Å²) in [7, 11) is 0. The summed E-state index contributed by atoms with van der Waals surface area (Å²) >= 11 is 0. The maximum absolute atomic E-state index is 12.5. The van der Waals surface area contributed by atoms with Gasteiger partial charge in [-0.25, -0.2) is 0 Å². The molecule has 106 valence electrons. The molecule has 0 heterocycles. The molecule has 0 saturated carbocycles. The van der Waals surface area contributed by atoms with Gasteiger partial charge in [0.15, 0.2) is 5.78 Å². The normalized spacial score (nSPS) is 13.3.